The van der Waals surface area contributed by atoms with E-state index in [-0.39, 0.29) is 12.0 Å². The molecule has 140 valence electrons. The van der Waals surface area contributed by atoms with Gasteiger partial charge < -0.3 is 20.8 Å². The number of carbonyl (C=O) groups is 2. The standard InChI is InChI=1S/C14H20N2O2.C2HF3O2/c15-13-8-12(14(17)18)9-16(10-13)7-6-11-4-2-1-3-5-11;3-2(4,5)1(6)7/h1-5,12-13H,6-10,15H2,(H,17,18);(H,6,7). The first-order chi connectivity index (χ1) is 11.6. The topological polar surface area (TPSA) is 104 Å². The molecule has 2 rings (SSSR count). The highest BCUT2D eigenvalue weighted by molar-refractivity contribution is 5.73. The molecule has 1 heterocycles. The highest BCUT2D eigenvalue weighted by Gasteiger charge is 2.38. The van der Waals surface area contributed by atoms with E-state index in [9.17, 15) is 18.0 Å². The molecule has 1 aliphatic heterocycles. The van der Waals surface area contributed by atoms with E-state index < -0.39 is 18.1 Å². The first kappa shape index (κ1) is 20.9. The molecule has 1 aliphatic rings. The largest absolute Gasteiger partial charge is 0.490 e. The summed E-state index contributed by atoms with van der Waals surface area (Å²) in [6.07, 6.45) is -3.54. The Hall–Kier alpha value is -2.13. The van der Waals surface area contributed by atoms with Gasteiger partial charge in [-0.3, -0.25) is 4.79 Å². The number of carboxylic acids is 2. The molecule has 1 aromatic carbocycles. The van der Waals surface area contributed by atoms with Gasteiger partial charge in [-0.1, -0.05) is 30.3 Å². The Kier molecular flexibility index (Phi) is 7.85. The van der Waals surface area contributed by atoms with Crippen LogP contribution in [0.1, 0.15) is 12.0 Å². The van der Waals surface area contributed by atoms with E-state index >= 15 is 0 Å². The third-order valence-electron chi connectivity index (χ3n) is 3.71. The van der Waals surface area contributed by atoms with Crippen LogP contribution in [0, 0.1) is 5.92 Å². The number of hydrogen-bond donors (Lipinski definition) is 3. The summed E-state index contributed by atoms with van der Waals surface area (Å²) < 4.78 is 31.7. The van der Waals surface area contributed by atoms with Crippen LogP contribution in [-0.2, 0) is 16.0 Å². The third kappa shape index (κ3) is 7.99. The Labute approximate surface area is 143 Å². The number of alkyl halides is 3. The summed E-state index contributed by atoms with van der Waals surface area (Å²) in [6.45, 7) is 2.30. The van der Waals surface area contributed by atoms with Crippen LogP contribution in [0.2, 0.25) is 0 Å². The monoisotopic (exact) mass is 362 g/mol. The summed E-state index contributed by atoms with van der Waals surface area (Å²) in [4.78, 5) is 22.1. The van der Waals surface area contributed by atoms with Crippen molar-refractivity contribution in [3.63, 3.8) is 0 Å². The van der Waals surface area contributed by atoms with E-state index in [2.05, 4.69) is 17.0 Å². The molecule has 2 unspecified atom stereocenters. The summed E-state index contributed by atoms with van der Waals surface area (Å²) in [6, 6.07) is 10.2. The van der Waals surface area contributed by atoms with Gasteiger partial charge in [-0.15, -0.1) is 0 Å². The van der Waals surface area contributed by atoms with E-state index in [1.807, 2.05) is 18.2 Å². The second-order valence-electron chi connectivity index (χ2n) is 5.83. The predicted molar refractivity (Wildman–Crippen MR) is 84.0 cm³/mol. The zero-order valence-electron chi connectivity index (χ0n) is 13.4. The van der Waals surface area contributed by atoms with Gasteiger partial charge in [0, 0.05) is 25.7 Å². The Morgan fingerprint density at radius 3 is 2.20 bits per heavy atom. The minimum atomic E-state index is -5.08. The molecule has 9 heteroatoms. The molecule has 0 spiro atoms. The molecular formula is C16H21F3N2O4. The molecule has 2 atom stereocenters. The highest BCUT2D eigenvalue weighted by Crippen LogP contribution is 2.16. The van der Waals surface area contributed by atoms with Gasteiger partial charge in [-0.2, -0.15) is 13.2 Å². The van der Waals surface area contributed by atoms with Crippen molar-refractivity contribution in [2.75, 3.05) is 19.6 Å². The molecule has 0 bridgehead atoms. The van der Waals surface area contributed by atoms with Crippen LogP contribution in [0.25, 0.3) is 0 Å². The summed E-state index contributed by atoms with van der Waals surface area (Å²) in [5.41, 5.74) is 7.20. The summed E-state index contributed by atoms with van der Waals surface area (Å²) >= 11 is 0. The lowest BCUT2D eigenvalue weighted by molar-refractivity contribution is -0.192. The van der Waals surface area contributed by atoms with Crippen molar-refractivity contribution < 1.29 is 33.0 Å². The number of aliphatic carboxylic acids is 2. The maximum Gasteiger partial charge on any atom is 0.490 e. The van der Waals surface area contributed by atoms with Crippen molar-refractivity contribution in [2.45, 2.75) is 25.1 Å². The number of hydrogen-bond acceptors (Lipinski definition) is 4. The second kappa shape index (κ2) is 9.38. The summed E-state index contributed by atoms with van der Waals surface area (Å²) in [5, 5.41) is 16.2. The maximum absolute atomic E-state index is 11.0. The molecule has 1 saturated heterocycles. The predicted octanol–water partition coefficient (Wildman–Crippen LogP) is 1.60. The number of nitrogens with zero attached hydrogens (tertiary/aromatic N) is 1. The van der Waals surface area contributed by atoms with Gasteiger partial charge in [0.15, 0.2) is 0 Å². The number of likely N-dealkylation sites (tertiary alicyclic amines) is 1. The fraction of sp³-hybridized carbons (Fsp3) is 0.500. The lowest BCUT2D eigenvalue weighted by Gasteiger charge is -2.34. The van der Waals surface area contributed by atoms with Crippen molar-refractivity contribution in [3.05, 3.63) is 35.9 Å². The second-order valence-corrected chi connectivity index (χ2v) is 5.83. The SMILES string of the molecule is NC1CC(C(=O)O)CN(CCc2ccccc2)C1.O=C(O)C(F)(F)F. The normalized spacial score (nSPS) is 21.1. The van der Waals surface area contributed by atoms with Gasteiger partial charge in [0.25, 0.3) is 0 Å². The molecule has 0 aromatic heterocycles. The fourth-order valence-electron chi connectivity index (χ4n) is 2.53. The van der Waals surface area contributed by atoms with Gasteiger partial charge in [-0.25, -0.2) is 4.79 Å². The lowest BCUT2D eigenvalue weighted by atomic mass is 9.94. The van der Waals surface area contributed by atoms with Crippen LogP contribution in [0.4, 0.5) is 13.2 Å². The van der Waals surface area contributed by atoms with E-state index in [4.69, 9.17) is 20.7 Å². The molecule has 25 heavy (non-hydrogen) atoms. The van der Waals surface area contributed by atoms with Crippen molar-refractivity contribution in [1.82, 2.24) is 4.90 Å². The zero-order valence-corrected chi connectivity index (χ0v) is 13.4. The van der Waals surface area contributed by atoms with Crippen LogP contribution in [-0.4, -0.2) is 58.9 Å². The van der Waals surface area contributed by atoms with Gasteiger partial charge in [0.2, 0.25) is 0 Å². The maximum atomic E-state index is 11.0. The number of rotatable bonds is 4. The lowest BCUT2D eigenvalue weighted by Crippen LogP contribution is -2.49. The molecule has 4 N–H and O–H groups in total. The van der Waals surface area contributed by atoms with Crippen LogP contribution >= 0.6 is 0 Å². The summed E-state index contributed by atoms with van der Waals surface area (Å²) in [5.74, 6) is -3.80. The van der Waals surface area contributed by atoms with E-state index in [1.54, 1.807) is 0 Å². The molecule has 0 radical (unpaired) electrons. The average molecular weight is 362 g/mol. The number of nitrogens with two attached hydrogens (primary N) is 1. The molecule has 6 nitrogen and oxygen atoms in total. The van der Waals surface area contributed by atoms with Gasteiger partial charge in [-0.05, 0) is 18.4 Å². The fourth-order valence-corrected chi connectivity index (χ4v) is 2.53. The average Bonchev–Trinajstić information content (AvgIpc) is 2.53. The zero-order chi connectivity index (χ0) is 19.0. The van der Waals surface area contributed by atoms with E-state index in [0.29, 0.717) is 13.0 Å². The van der Waals surface area contributed by atoms with Crippen LogP contribution < -0.4 is 5.73 Å². The molecular weight excluding hydrogens is 341 g/mol. The Morgan fingerprint density at radius 1 is 1.16 bits per heavy atom. The Balaban J connectivity index is 0.000000381. The van der Waals surface area contributed by atoms with E-state index in [1.165, 1.54) is 5.56 Å². The minimum Gasteiger partial charge on any atom is -0.481 e. The van der Waals surface area contributed by atoms with E-state index in [0.717, 1.165) is 19.5 Å². The van der Waals surface area contributed by atoms with Crippen molar-refractivity contribution in [2.24, 2.45) is 11.7 Å². The molecule has 1 aromatic rings. The van der Waals surface area contributed by atoms with Crippen LogP contribution in [0.15, 0.2) is 30.3 Å². The molecule has 0 amide bonds. The van der Waals surface area contributed by atoms with Crippen LogP contribution in [0.5, 0.6) is 0 Å². The number of carboxylic acid groups (broad SMARTS) is 2. The van der Waals surface area contributed by atoms with Crippen molar-refractivity contribution in [3.8, 4) is 0 Å². The van der Waals surface area contributed by atoms with Gasteiger partial charge >= 0.3 is 18.1 Å². The first-order valence-corrected chi connectivity index (χ1v) is 7.64. The molecule has 1 fully saturated rings. The van der Waals surface area contributed by atoms with Crippen LogP contribution in [0.3, 0.4) is 0 Å². The minimum absolute atomic E-state index is 0.0179. The Morgan fingerprint density at radius 2 is 1.72 bits per heavy atom. The third-order valence-corrected chi connectivity index (χ3v) is 3.71. The van der Waals surface area contributed by atoms with Crippen molar-refractivity contribution in [1.29, 1.82) is 0 Å². The van der Waals surface area contributed by atoms with Gasteiger partial charge in [0.05, 0.1) is 5.92 Å². The summed E-state index contributed by atoms with van der Waals surface area (Å²) in [7, 11) is 0. The Bertz CT molecular complexity index is 566. The number of halogens is 3. The number of benzene rings is 1. The quantitative estimate of drug-likeness (QED) is 0.752. The number of piperidine rings is 1. The smallest absolute Gasteiger partial charge is 0.481 e. The highest BCUT2D eigenvalue weighted by atomic mass is 19.4. The molecule has 0 saturated carbocycles. The van der Waals surface area contributed by atoms with Gasteiger partial charge in [0.1, 0.15) is 0 Å². The first-order valence-electron chi connectivity index (χ1n) is 7.64. The van der Waals surface area contributed by atoms with Crippen molar-refractivity contribution >= 4 is 11.9 Å². The molecule has 0 aliphatic carbocycles.